The van der Waals surface area contributed by atoms with Crippen molar-refractivity contribution in [2.75, 3.05) is 21.3 Å². The van der Waals surface area contributed by atoms with Crippen LogP contribution in [-0.2, 0) is 16.0 Å². The second kappa shape index (κ2) is 9.70. The van der Waals surface area contributed by atoms with Gasteiger partial charge in [0, 0.05) is 12.1 Å². The number of H-pyrrole nitrogens is 1. The number of benzene rings is 2. The zero-order valence-corrected chi connectivity index (χ0v) is 20.4. The van der Waals surface area contributed by atoms with Crippen molar-refractivity contribution in [3.05, 3.63) is 63.0 Å². The lowest BCUT2D eigenvalue weighted by Crippen LogP contribution is -2.20. The number of methoxy groups -OCH3 is 3. The topological polar surface area (TPSA) is 108 Å². The van der Waals surface area contributed by atoms with Crippen molar-refractivity contribution in [3.8, 4) is 16.6 Å². The number of thiazole rings is 1. The van der Waals surface area contributed by atoms with Crippen molar-refractivity contribution in [2.24, 2.45) is 4.99 Å². The van der Waals surface area contributed by atoms with Gasteiger partial charge in [-0.1, -0.05) is 35.1 Å². The highest BCUT2D eigenvalue weighted by atomic mass is 35.5. The summed E-state index contributed by atoms with van der Waals surface area (Å²) in [6.07, 6.45) is -0.146. The average Bonchev–Trinajstić information content (AvgIpc) is 3.40. The third-order valence-electron chi connectivity index (χ3n) is 5.09. The Morgan fingerprint density at radius 3 is 2.59 bits per heavy atom. The van der Waals surface area contributed by atoms with Gasteiger partial charge in [0.25, 0.3) is 5.56 Å². The molecule has 0 saturated carbocycles. The molecule has 0 bridgehead atoms. The Hall–Kier alpha value is -3.63. The number of esters is 1. The lowest BCUT2D eigenvalue weighted by molar-refractivity contribution is -0.139. The van der Waals surface area contributed by atoms with Crippen LogP contribution in [-0.4, -0.2) is 47.8 Å². The van der Waals surface area contributed by atoms with E-state index >= 15 is 0 Å². The fourth-order valence-corrected chi connectivity index (χ4v) is 4.61. The smallest absolute Gasteiger partial charge is 0.311 e. The van der Waals surface area contributed by atoms with Gasteiger partial charge in [-0.05, 0) is 19.1 Å². The Kier molecular flexibility index (Phi) is 6.71. The van der Waals surface area contributed by atoms with Gasteiger partial charge in [-0.3, -0.25) is 14.7 Å². The second-order valence-corrected chi connectivity index (χ2v) is 8.60. The predicted octanol–water partition coefficient (Wildman–Crippen LogP) is 4.30. The van der Waals surface area contributed by atoms with Gasteiger partial charge < -0.3 is 14.2 Å². The van der Waals surface area contributed by atoms with Crippen molar-refractivity contribution in [3.63, 3.8) is 0 Å². The summed E-state index contributed by atoms with van der Waals surface area (Å²) in [5, 5.41) is 3.82. The Morgan fingerprint density at radius 2 is 1.91 bits per heavy atom. The third-order valence-corrected chi connectivity index (χ3v) is 6.41. The molecule has 34 heavy (non-hydrogen) atoms. The number of hydrogen-bond acceptors (Lipinski definition) is 8. The molecule has 2 aromatic carbocycles. The summed E-state index contributed by atoms with van der Waals surface area (Å²) in [5.74, 6) is 0.309. The second-order valence-electron chi connectivity index (χ2n) is 7.18. The monoisotopic (exact) mass is 500 g/mol. The first-order valence-corrected chi connectivity index (χ1v) is 11.3. The first kappa shape index (κ1) is 23.5. The van der Waals surface area contributed by atoms with E-state index in [-0.39, 0.29) is 17.5 Å². The van der Waals surface area contributed by atoms with E-state index in [0.717, 1.165) is 10.2 Å². The van der Waals surface area contributed by atoms with Crippen molar-refractivity contribution >= 4 is 50.5 Å². The van der Waals surface area contributed by atoms with Crippen molar-refractivity contribution < 1.29 is 19.0 Å². The number of aromatic nitrogens is 3. The van der Waals surface area contributed by atoms with Crippen LogP contribution < -0.4 is 15.0 Å². The maximum atomic E-state index is 13.5. The number of halogens is 1. The lowest BCUT2D eigenvalue weighted by atomic mass is 10.1. The van der Waals surface area contributed by atoms with Crippen molar-refractivity contribution in [2.45, 2.75) is 13.3 Å². The molecule has 4 rings (SSSR count). The van der Waals surface area contributed by atoms with E-state index < -0.39 is 5.97 Å². The molecule has 4 aromatic rings. The molecule has 176 valence electrons. The number of carbonyl (C=O) groups excluding carboxylic acids is 1. The Morgan fingerprint density at radius 1 is 1.18 bits per heavy atom. The molecule has 0 spiro atoms. The maximum Gasteiger partial charge on any atom is 0.311 e. The zero-order chi connectivity index (χ0) is 24.4. The summed E-state index contributed by atoms with van der Waals surface area (Å²) in [6.45, 7) is 1.68. The molecule has 0 aliphatic heterocycles. The number of aliphatic imine (C=N–C) groups is 1. The summed E-state index contributed by atoms with van der Waals surface area (Å²) >= 11 is 7.55. The molecule has 0 atom stereocenters. The number of nitrogens with one attached hydrogen (secondary N) is 1. The van der Waals surface area contributed by atoms with Crippen LogP contribution in [0.2, 0.25) is 5.02 Å². The zero-order valence-electron chi connectivity index (χ0n) is 18.8. The minimum Gasteiger partial charge on any atom is -0.495 e. The summed E-state index contributed by atoms with van der Waals surface area (Å²) < 4.78 is 17.7. The lowest BCUT2D eigenvalue weighted by Gasteiger charge is -2.10. The molecule has 0 radical (unpaired) electrons. The number of fused-ring (bicyclic) bond motifs is 1. The number of carbonyl (C=O) groups is 1. The van der Waals surface area contributed by atoms with Crippen molar-refractivity contribution in [1.82, 2.24) is 14.8 Å². The molecular weight excluding hydrogens is 480 g/mol. The predicted molar refractivity (Wildman–Crippen MR) is 132 cm³/mol. The van der Waals surface area contributed by atoms with E-state index in [9.17, 15) is 9.59 Å². The van der Waals surface area contributed by atoms with Crippen molar-refractivity contribution in [1.29, 1.82) is 0 Å². The van der Waals surface area contributed by atoms with Gasteiger partial charge in [0.15, 0.2) is 0 Å². The first-order valence-electron chi connectivity index (χ1n) is 10.1. The number of nitrogens with zero attached hydrogens (tertiary/aromatic N) is 3. The number of ether oxygens (including phenoxy) is 3. The van der Waals surface area contributed by atoms with Gasteiger partial charge in [0.2, 0.25) is 5.13 Å². The van der Waals surface area contributed by atoms with Crippen LogP contribution in [0.5, 0.6) is 11.5 Å². The molecule has 0 saturated heterocycles. The van der Waals surface area contributed by atoms with Crippen LogP contribution in [0.15, 0.2) is 46.2 Å². The molecule has 1 N–H and O–H groups in total. The van der Waals surface area contributed by atoms with Crippen LogP contribution >= 0.6 is 22.9 Å². The molecule has 0 fully saturated rings. The van der Waals surface area contributed by atoms with Gasteiger partial charge in [-0.2, -0.15) is 4.68 Å². The van der Waals surface area contributed by atoms with Gasteiger partial charge in [-0.25, -0.2) is 9.98 Å². The highest BCUT2D eigenvalue weighted by molar-refractivity contribution is 7.20. The third kappa shape index (κ3) is 4.42. The SMILES string of the molecule is COC(=O)Cc1[nH]n(-c2nc3ccccc3s2)c(=O)c1C(C)=Nc1cc(OC)c(Cl)cc1OC. The average molecular weight is 501 g/mol. The van der Waals surface area contributed by atoms with Gasteiger partial charge in [0.05, 0.1) is 60.0 Å². The normalized spacial score (nSPS) is 11.6. The molecule has 2 heterocycles. The fourth-order valence-electron chi connectivity index (χ4n) is 3.46. The van der Waals surface area contributed by atoms with E-state index in [4.69, 9.17) is 25.8 Å². The Balaban J connectivity index is 1.88. The van der Waals surface area contributed by atoms with Crippen LogP contribution in [0.4, 0.5) is 5.69 Å². The van der Waals surface area contributed by atoms with E-state index in [2.05, 4.69) is 15.1 Å². The minimum absolute atomic E-state index is 0.146. The van der Waals surface area contributed by atoms with Gasteiger partial charge in [0.1, 0.15) is 17.2 Å². The van der Waals surface area contributed by atoms with Gasteiger partial charge >= 0.3 is 5.97 Å². The molecule has 0 aliphatic rings. The van der Waals surface area contributed by atoms with Crippen LogP contribution in [0, 0.1) is 0 Å². The van der Waals surface area contributed by atoms with E-state index in [1.165, 1.54) is 37.3 Å². The number of rotatable bonds is 7. The number of aromatic amines is 1. The minimum atomic E-state index is -0.502. The molecule has 2 aromatic heterocycles. The standard InChI is InChI=1S/C23H21ClN4O5S/c1-12(25-15-10-17(31-2)13(24)9-18(15)32-3)21-16(11-20(29)33-4)27-28(22(21)30)23-26-14-7-5-6-8-19(14)34-23/h5-10,27H,11H2,1-4H3. The van der Waals surface area contributed by atoms with Crippen LogP contribution in [0.3, 0.4) is 0 Å². The number of hydrogen-bond donors (Lipinski definition) is 1. The highest BCUT2D eigenvalue weighted by Gasteiger charge is 2.22. The summed E-state index contributed by atoms with van der Waals surface area (Å²) in [6, 6.07) is 10.8. The summed E-state index contributed by atoms with van der Waals surface area (Å²) in [5.41, 5.74) is 1.75. The molecule has 9 nitrogen and oxygen atoms in total. The largest absolute Gasteiger partial charge is 0.495 e. The van der Waals surface area contributed by atoms with Crippen LogP contribution in [0.1, 0.15) is 18.2 Å². The summed E-state index contributed by atoms with van der Waals surface area (Å²) in [4.78, 5) is 34.7. The molecule has 11 heteroatoms. The summed E-state index contributed by atoms with van der Waals surface area (Å²) in [7, 11) is 4.27. The van der Waals surface area contributed by atoms with Gasteiger partial charge in [-0.15, -0.1) is 0 Å². The maximum absolute atomic E-state index is 13.5. The quantitative estimate of drug-likeness (QED) is 0.299. The number of para-hydroxylation sites is 1. The van der Waals surface area contributed by atoms with E-state index in [1.807, 2.05) is 24.3 Å². The van der Waals surface area contributed by atoms with E-state index in [1.54, 1.807) is 19.1 Å². The molecular formula is C23H21ClN4O5S. The van der Waals surface area contributed by atoms with Crippen LogP contribution in [0.25, 0.3) is 15.3 Å². The first-order chi connectivity index (χ1) is 16.4. The highest BCUT2D eigenvalue weighted by Crippen LogP contribution is 2.38. The molecule has 0 unspecified atom stereocenters. The molecule has 0 aliphatic carbocycles. The Labute approximate surface area is 203 Å². The van der Waals surface area contributed by atoms with E-state index in [0.29, 0.717) is 38.7 Å². The Bertz CT molecular complexity index is 1440. The fraction of sp³-hybridized carbons (Fsp3) is 0.217. The molecule has 0 amide bonds.